The molecule has 0 radical (unpaired) electrons. The molecular formula is C24H29N3O3. The van der Waals surface area contributed by atoms with E-state index in [4.69, 9.17) is 4.84 Å². The molecule has 0 atom stereocenters. The van der Waals surface area contributed by atoms with Crippen LogP contribution in [0.25, 0.3) is 11.1 Å². The number of nitrogens with zero attached hydrogens (tertiary/aromatic N) is 1. The number of amides is 2. The number of hydrogen-bond acceptors (Lipinski definition) is 4. The molecule has 0 aliphatic carbocycles. The monoisotopic (exact) mass is 407 g/mol. The molecular weight excluding hydrogens is 378 g/mol. The van der Waals surface area contributed by atoms with Gasteiger partial charge in [-0.3, -0.25) is 19.3 Å². The number of carbonyl (C=O) groups is 2. The molecule has 0 aromatic heterocycles. The van der Waals surface area contributed by atoms with Gasteiger partial charge in [0.25, 0.3) is 11.8 Å². The fourth-order valence-corrected chi connectivity index (χ4v) is 3.11. The van der Waals surface area contributed by atoms with Crippen LogP contribution in [0.4, 0.5) is 5.69 Å². The van der Waals surface area contributed by atoms with Crippen LogP contribution in [-0.2, 0) is 16.2 Å². The van der Waals surface area contributed by atoms with Gasteiger partial charge in [0, 0.05) is 18.3 Å². The van der Waals surface area contributed by atoms with Gasteiger partial charge in [0.15, 0.2) is 0 Å². The summed E-state index contributed by atoms with van der Waals surface area (Å²) in [6.07, 6.45) is 0. The number of rotatable bonds is 7. The third-order valence-corrected chi connectivity index (χ3v) is 5.84. The van der Waals surface area contributed by atoms with Gasteiger partial charge >= 0.3 is 0 Å². The van der Waals surface area contributed by atoms with Gasteiger partial charge in [-0.2, -0.15) is 0 Å². The summed E-state index contributed by atoms with van der Waals surface area (Å²) in [6, 6.07) is 13.6. The summed E-state index contributed by atoms with van der Waals surface area (Å²) in [5.74, 6) is -0.563. The predicted octanol–water partition coefficient (Wildman–Crippen LogP) is 4.35. The molecule has 2 N–H and O–H groups in total. The Morgan fingerprint density at radius 3 is 2.37 bits per heavy atom. The van der Waals surface area contributed by atoms with Crippen molar-refractivity contribution >= 4 is 17.5 Å². The van der Waals surface area contributed by atoms with E-state index in [-0.39, 0.29) is 24.1 Å². The third-order valence-electron chi connectivity index (χ3n) is 5.84. The Bertz CT molecular complexity index is 978. The SMILES string of the molecule is C=C(C(=O)NOC(C)(C)C(C)C)N1Cc2c(cccc2-c2ccc(NC)cc2)C1=O. The van der Waals surface area contributed by atoms with E-state index in [1.165, 1.54) is 4.90 Å². The van der Waals surface area contributed by atoms with Crippen molar-refractivity contribution in [1.29, 1.82) is 0 Å². The van der Waals surface area contributed by atoms with Crippen molar-refractivity contribution in [3.8, 4) is 11.1 Å². The van der Waals surface area contributed by atoms with Crippen LogP contribution in [0.15, 0.2) is 54.7 Å². The Kier molecular flexibility index (Phi) is 5.99. The maximum Gasteiger partial charge on any atom is 0.290 e. The highest BCUT2D eigenvalue weighted by molar-refractivity contribution is 6.06. The van der Waals surface area contributed by atoms with Crippen molar-refractivity contribution in [2.24, 2.45) is 5.92 Å². The second-order valence-corrected chi connectivity index (χ2v) is 8.29. The standard InChI is InChI=1S/C24H29N3O3/c1-15(2)24(4,5)30-26-22(28)16(3)27-14-21-19(8-7-9-20(21)23(27)29)17-10-12-18(25-6)13-11-17/h7-13,15,25H,3,14H2,1-2,4-6H3,(H,26,28). The zero-order chi connectivity index (χ0) is 22.1. The Morgan fingerprint density at radius 2 is 1.77 bits per heavy atom. The molecule has 2 amide bonds. The number of anilines is 1. The summed E-state index contributed by atoms with van der Waals surface area (Å²) in [6.45, 7) is 11.9. The van der Waals surface area contributed by atoms with Crippen molar-refractivity contribution in [3.05, 3.63) is 65.9 Å². The minimum absolute atomic E-state index is 0.0623. The molecule has 2 aromatic rings. The number of hydroxylamine groups is 1. The Labute approximate surface area is 177 Å². The highest BCUT2D eigenvalue weighted by Gasteiger charge is 2.34. The molecule has 30 heavy (non-hydrogen) atoms. The van der Waals surface area contributed by atoms with E-state index < -0.39 is 11.5 Å². The van der Waals surface area contributed by atoms with Crippen molar-refractivity contribution < 1.29 is 14.4 Å². The molecule has 3 rings (SSSR count). The lowest BCUT2D eigenvalue weighted by atomic mass is 9.95. The Hall–Kier alpha value is -3.12. The van der Waals surface area contributed by atoms with Crippen molar-refractivity contribution in [1.82, 2.24) is 10.4 Å². The molecule has 1 aliphatic rings. The Balaban J connectivity index is 1.80. The molecule has 158 valence electrons. The minimum Gasteiger partial charge on any atom is -0.388 e. The molecule has 6 heteroatoms. The van der Waals surface area contributed by atoms with Crippen molar-refractivity contribution in [2.75, 3.05) is 12.4 Å². The van der Waals surface area contributed by atoms with Gasteiger partial charge < -0.3 is 5.32 Å². The smallest absolute Gasteiger partial charge is 0.290 e. The van der Waals surface area contributed by atoms with Crippen LogP contribution in [0.2, 0.25) is 0 Å². The van der Waals surface area contributed by atoms with Gasteiger partial charge in [0.2, 0.25) is 0 Å². The van der Waals surface area contributed by atoms with Crippen LogP contribution < -0.4 is 10.8 Å². The second kappa shape index (κ2) is 8.32. The van der Waals surface area contributed by atoms with Gasteiger partial charge in [0.05, 0.1) is 12.1 Å². The molecule has 0 saturated carbocycles. The fraction of sp³-hybridized carbons (Fsp3) is 0.333. The van der Waals surface area contributed by atoms with Crippen LogP contribution in [0, 0.1) is 5.92 Å². The van der Waals surface area contributed by atoms with E-state index in [0.29, 0.717) is 5.56 Å². The van der Waals surface area contributed by atoms with E-state index in [2.05, 4.69) is 17.4 Å². The topological polar surface area (TPSA) is 70.7 Å². The molecule has 0 spiro atoms. The summed E-state index contributed by atoms with van der Waals surface area (Å²) in [5, 5.41) is 3.10. The first kappa shape index (κ1) is 21.6. The van der Waals surface area contributed by atoms with Crippen LogP contribution in [0.1, 0.15) is 43.6 Å². The molecule has 1 aliphatic heterocycles. The van der Waals surface area contributed by atoms with E-state index >= 15 is 0 Å². The highest BCUT2D eigenvalue weighted by atomic mass is 16.7. The van der Waals surface area contributed by atoms with E-state index in [9.17, 15) is 9.59 Å². The molecule has 1 heterocycles. The first-order valence-electron chi connectivity index (χ1n) is 10.0. The zero-order valence-electron chi connectivity index (χ0n) is 18.2. The average molecular weight is 408 g/mol. The van der Waals surface area contributed by atoms with Gasteiger partial charge in [0.1, 0.15) is 5.70 Å². The minimum atomic E-state index is -0.541. The summed E-state index contributed by atoms with van der Waals surface area (Å²) in [7, 11) is 1.87. The molecule has 2 aromatic carbocycles. The molecule has 0 fully saturated rings. The molecule has 6 nitrogen and oxygen atoms in total. The lowest BCUT2D eigenvalue weighted by Gasteiger charge is -2.29. The van der Waals surface area contributed by atoms with Gasteiger partial charge in [-0.25, -0.2) is 5.48 Å². The van der Waals surface area contributed by atoms with Gasteiger partial charge in [-0.15, -0.1) is 0 Å². The Morgan fingerprint density at radius 1 is 1.13 bits per heavy atom. The average Bonchev–Trinajstić information content (AvgIpc) is 3.08. The number of hydrogen-bond donors (Lipinski definition) is 2. The second-order valence-electron chi connectivity index (χ2n) is 8.29. The maximum absolute atomic E-state index is 13.0. The van der Waals surface area contributed by atoms with Gasteiger partial charge in [-0.05, 0) is 54.7 Å². The van der Waals surface area contributed by atoms with Gasteiger partial charge in [-0.1, -0.05) is 44.7 Å². The van der Waals surface area contributed by atoms with E-state index in [1.807, 2.05) is 71.1 Å². The van der Waals surface area contributed by atoms with Crippen LogP contribution in [0.3, 0.4) is 0 Å². The summed E-state index contributed by atoms with van der Waals surface area (Å²) in [5.41, 5.74) is 6.43. The molecule has 0 bridgehead atoms. The first-order chi connectivity index (χ1) is 14.2. The largest absolute Gasteiger partial charge is 0.388 e. The summed E-state index contributed by atoms with van der Waals surface area (Å²) >= 11 is 0. The van der Waals surface area contributed by atoms with Crippen molar-refractivity contribution in [3.63, 3.8) is 0 Å². The normalized spacial score (nSPS) is 13.4. The fourth-order valence-electron chi connectivity index (χ4n) is 3.11. The van der Waals surface area contributed by atoms with Crippen LogP contribution in [0.5, 0.6) is 0 Å². The number of carbonyl (C=O) groups excluding carboxylic acids is 2. The molecule has 0 unspecified atom stereocenters. The lowest BCUT2D eigenvalue weighted by molar-refractivity contribution is -0.151. The van der Waals surface area contributed by atoms with Crippen LogP contribution in [-0.4, -0.2) is 29.4 Å². The maximum atomic E-state index is 13.0. The summed E-state index contributed by atoms with van der Waals surface area (Å²) in [4.78, 5) is 32.5. The van der Waals surface area contributed by atoms with E-state index in [0.717, 1.165) is 22.4 Å². The van der Waals surface area contributed by atoms with Crippen molar-refractivity contribution in [2.45, 2.75) is 39.8 Å². The quantitative estimate of drug-likeness (QED) is 0.529. The number of nitrogens with one attached hydrogen (secondary N) is 2. The summed E-state index contributed by atoms with van der Waals surface area (Å²) < 4.78 is 0. The van der Waals surface area contributed by atoms with E-state index in [1.54, 1.807) is 6.07 Å². The number of fused-ring (bicyclic) bond motifs is 1. The predicted molar refractivity (Wildman–Crippen MR) is 119 cm³/mol. The third kappa shape index (κ3) is 4.09. The first-order valence-corrected chi connectivity index (χ1v) is 10.0. The molecule has 0 saturated heterocycles. The lowest BCUT2D eigenvalue weighted by Crippen LogP contribution is -2.42. The highest BCUT2D eigenvalue weighted by Crippen LogP contribution is 2.34. The van der Waals surface area contributed by atoms with Crippen LogP contribution >= 0.6 is 0 Å². The zero-order valence-corrected chi connectivity index (χ0v) is 18.2. The number of benzene rings is 2.